The summed E-state index contributed by atoms with van der Waals surface area (Å²) < 4.78 is 11.6. The molecule has 0 bridgehead atoms. The predicted octanol–water partition coefficient (Wildman–Crippen LogP) is 7.94. The van der Waals surface area contributed by atoms with Gasteiger partial charge >= 0.3 is 5.97 Å². The van der Waals surface area contributed by atoms with Gasteiger partial charge in [0, 0.05) is 0 Å². The molecular formula is C32H34N2O5S. The van der Waals surface area contributed by atoms with Crippen LogP contribution in [0.5, 0.6) is 11.5 Å². The van der Waals surface area contributed by atoms with Crippen LogP contribution in [0.15, 0.2) is 82.7 Å². The quantitative estimate of drug-likeness (QED) is 0.169. The standard InChI is InChI=1S/C32H34N2O5S/c1-3-4-5-6-7-11-19-39-27-18-17-23(20-28(27)38-2)21-29-30(35)34(26-15-9-8-10-16-26)32(40-29)33-25-14-12-13-24(22-25)31(36)37/h8-10,12-18,20-22H,3-7,11,19H2,1-2H3,(H,36,37)/b29-21-,33-32?. The maximum atomic E-state index is 13.6. The van der Waals surface area contributed by atoms with E-state index in [9.17, 15) is 14.7 Å². The second-order valence-corrected chi connectivity index (χ2v) is 10.4. The van der Waals surface area contributed by atoms with Gasteiger partial charge in [-0.15, -0.1) is 0 Å². The van der Waals surface area contributed by atoms with Crippen molar-refractivity contribution in [3.8, 4) is 11.5 Å². The van der Waals surface area contributed by atoms with Crippen LogP contribution in [0.25, 0.3) is 6.08 Å². The summed E-state index contributed by atoms with van der Waals surface area (Å²) >= 11 is 1.24. The molecule has 1 heterocycles. The van der Waals surface area contributed by atoms with Crippen molar-refractivity contribution < 1.29 is 24.2 Å². The van der Waals surface area contributed by atoms with Crippen molar-refractivity contribution in [3.05, 3.63) is 88.8 Å². The molecular weight excluding hydrogens is 524 g/mol. The summed E-state index contributed by atoms with van der Waals surface area (Å²) in [7, 11) is 1.60. The van der Waals surface area contributed by atoms with Gasteiger partial charge in [0.1, 0.15) is 0 Å². The molecule has 208 valence electrons. The number of nitrogens with zero attached hydrogens (tertiary/aromatic N) is 2. The lowest BCUT2D eigenvalue weighted by Gasteiger charge is -2.15. The number of thioether (sulfide) groups is 1. The summed E-state index contributed by atoms with van der Waals surface area (Å²) in [6.45, 7) is 2.84. The molecule has 0 aromatic heterocycles. The third-order valence-electron chi connectivity index (χ3n) is 6.38. The molecule has 4 rings (SSSR count). The van der Waals surface area contributed by atoms with E-state index in [0.717, 1.165) is 18.4 Å². The first-order valence-corrected chi connectivity index (χ1v) is 14.3. The molecule has 1 amide bonds. The zero-order valence-electron chi connectivity index (χ0n) is 22.8. The van der Waals surface area contributed by atoms with Gasteiger partial charge in [0.2, 0.25) is 0 Å². The zero-order chi connectivity index (χ0) is 28.3. The number of amidine groups is 1. The Morgan fingerprint density at radius 2 is 1.73 bits per heavy atom. The van der Waals surface area contributed by atoms with Crippen LogP contribution in [0.3, 0.4) is 0 Å². The molecule has 0 atom stereocenters. The number of rotatable bonds is 13. The Labute approximate surface area is 239 Å². The van der Waals surface area contributed by atoms with E-state index in [2.05, 4.69) is 11.9 Å². The Morgan fingerprint density at radius 1 is 0.950 bits per heavy atom. The molecule has 1 aliphatic heterocycles. The van der Waals surface area contributed by atoms with E-state index in [4.69, 9.17) is 9.47 Å². The van der Waals surface area contributed by atoms with Gasteiger partial charge in [0.15, 0.2) is 16.7 Å². The van der Waals surface area contributed by atoms with Gasteiger partial charge in [-0.25, -0.2) is 9.79 Å². The number of carbonyl (C=O) groups excluding carboxylic acids is 1. The second kappa shape index (κ2) is 14.4. The number of ether oxygens (including phenoxy) is 2. The van der Waals surface area contributed by atoms with E-state index in [1.165, 1.54) is 49.6 Å². The minimum absolute atomic E-state index is 0.129. The lowest BCUT2D eigenvalue weighted by atomic mass is 10.1. The van der Waals surface area contributed by atoms with E-state index >= 15 is 0 Å². The molecule has 0 spiro atoms. The first-order valence-electron chi connectivity index (χ1n) is 13.5. The number of unbranched alkanes of at least 4 members (excludes halogenated alkanes) is 5. The number of aliphatic imine (C=N–C) groups is 1. The number of carboxylic acids is 1. The van der Waals surface area contributed by atoms with Crippen molar-refractivity contribution in [2.75, 3.05) is 18.6 Å². The predicted molar refractivity (Wildman–Crippen MR) is 162 cm³/mol. The average Bonchev–Trinajstić information content (AvgIpc) is 3.27. The van der Waals surface area contributed by atoms with Gasteiger partial charge in [-0.1, -0.05) is 69.4 Å². The Hall–Kier alpha value is -4.04. The zero-order valence-corrected chi connectivity index (χ0v) is 23.7. The average molecular weight is 559 g/mol. The van der Waals surface area contributed by atoms with Crippen LogP contribution in [0, 0.1) is 0 Å². The maximum Gasteiger partial charge on any atom is 0.335 e. The number of hydrogen-bond acceptors (Lipinski definition) is 6. The van der Waals surface area contributed by atoms with Gasteiger partial charge in [0.05, 0.1) is 35.6 Å². The summed E-state index contributed by atoms with van der Waals surface area (Å²) in [5.41, 5.74) is 2.05. The van der Waals surface area contributed by atoms with Crippen molar-refractivity contribution in [1.29, 1.82) is 0 Å². The molecule has 8 heteroatoms. The van der Waals surface area contributed by atoms with E-state index in [1.807, 2.05) is 48.5 Å². The normalized spacial score (nSPS) is 15.2. The first-order chi connectivity index (χ1) is 19.5. The fraction of sp³-hybridized carbons (Fsp3) is 0.281. The lowest BCUT2D eigenvalue weighted by molar-refractivity contribution is -0.113. The number of para-hydroxylation sites is 1. The highest BCUT2D eigenvalue weighted by Crippen LogP contribution is 2.38. The summed E-state index contributed by atoms with van der Waals surface area (Å²) in [6, 6.07) is 21.2. The second-order valence-electron chi connectivity index (χ2n) is 9.36. The summed E-state index contributed by atoms with van der Waals surface area (Å²) in [5, 5.41) is 9.80. The van der Waals surface area contributed by atoms with Crippen molar-refractivity contribution in [1.82, 2.24) is 0 Å². The number of carboxylic acid groups (broad SMARTS) is 1. The minimum Gasteiger partial charge on any atom is -0.493 e. The molecule has 0 radical (unpaired) electrons. The third-order valence-corrected chi connectivity index (χ3v) is 7.35. The highest BCUT2D eigenvalue weighted by atomic mass is 32.2. The van der Waals surface area contributed by atoms with Gasteiger partial charge in [-0.3, -0.25) is 9.69 Å². The number of benzene rings is 3. The Morgan fingerprint density at radius 3 is 2.48 bits per heavy atom. The highest BCUT2D eigenvalue weighted by molar-refractivity contribution is 8.19. The Bertz CT molecular complexity index is 1390. The molecule has 3 aromatic rings. The van der Waals surface area contributed by atoms with Gasteiger partial charge < -0.3 is 14.6 Å². The molecule has 1 N–H and O–H groups in total. The molecule has 3 aromatic carbocycles. The van der Waals surface area contributed by atoms with Crippen LogP contribution in [-0.4, -0.2) is 35.9 Å². The SMILES string of the molecule is CCCCCCCCOc1ccc(/C=C2\SC(=Nc3cccc(C(=O)O)c3)N(c3ccccc3)C2=O)cc1OC. The largest absolute Gasteiger partial charge is 0.493 e. The smallest absolute Gasteiger partial charge is 0.335 e. The van der Waals surface area contributed by atoms with Crippen molar-refractivity contribution >= 4 is 46.3 Å². The third kappa shape index (κ3) is 7.54. The van der Waals surface area contributed by atoms with Gasteiger partial charge in [0.25, 0.3) is 5.91 Å². The molecule has 0 aliphatic carbocycles. The lowest BCUT2D eigenvalue weighted by Crippen LogP contribution is -2.28. The Balaban J connectivity index is 1.55. The van der Waals surface area contributed by atoms with Crippen molar-refractivity contribution in [2.24, 2.45) is 4.99 Å². The molecule has 1 fully saturated rings. The van der Waals surface area contributed by atoms with Crippen LogP contribution < -0.4 is 14.4 Å². The van der Waals surface area contributed by atoms with Crippen LogP contribution in [0.2, 0.25) is 0 Å². The van der Waals surface area contributed by atoms with Gasteiger partial charge in [-0.05, 0) is 72.3 Å². The summed E-state index contributed by atoms with van der Waals surface area (Å²) in [6.07, 6.45) is 8.95. The molecule has 40 heavy (non-hydrogen) atoms. The summed E-state index contributed by atoms with van der Waals surface area (Å²) in [4.78, 5) is 31.7. The van der Waals surface area contributed by atoms with Crippen LogP contribution in [0.1, 0.15) is 61.4 Å². The van der Waals surface area contributed by atoms with Crippen LogP contribution >= 0.6 is 11.8 Å². The maximum absolute atomic E-state index is 13.6. The van der Waals surface area contributed by atoms with E-state index < -0.39 is 5.97 Å². The number of aromatic carboxylic acids is 1. The monoisotopic (exact) mass is 558 g/mol. The van der Waals surface area contributed by atoms with E-state index in [0.29, 0.717) is 39.6 Å². The van der Waals surface area contributed by atoms with E-state index in [1.54, 1.807) is 30.2 Å². The first kappa shape index (κ1) is 29.0. The molecule has 7 nitrogen and oxygen atoms in total. The fourth-order valence-corrected chi connectivity index (χ4v) is 5.28. The molecule has 1 aliphatic rings. The number of methoxy groups -OCH3 is 1. The van der Waals surface area contributed by atoms with Crippen LogP contribution in [-0.2, 0) is 4.79 Å². The van der Waals surface area contributed by atoms with Crippen LogP contribution in [0.4, 0.5) is 11.4 Å². The molecule has 1 saturated heterocycles. The summed E-state index contributed by atoms with van der Waals surface area (Å²) in [5.74, 6) is 0.0305. The molecule has 0 unspecified atom stereocenters. The number of hydrogen-bond donors (Lipinski definition) is 1. The topological polar surface area (TPSA) is 88.4 Å². The van der Waals surface area contributed by atoms with Gasteiger partial charge in [-0.2, -0.15) is 0 Å². The minimum atomic E-state index is -1.04. The van der Waals surface area contributed by atoms with Crippen molar-refractivity contribution in [2.45, 2.75) is 45.4 Å². The van der Waals surface area contributed by atoms with E-state index in [-0.39, 0.29) is 11.5 Å². The highest BCUT2D eigenvalue weighted by Gasteiger charge is 2.34. The molecule has 0 saturated carbocycles. The van der Waals surface area contributed by atoms with Crippen molar-refractivity contribution in [3.63, 3.8) is 0 Å². The Kier molecular flexibility index (Phi) is 10.4. The number of anilines is 1. The fourth-order valence-electron chi connectivity index (χ4n) is 4.28. The number of amides is 1. The number of carbonyl (C=O) groups is 2.